The molecule has 106 valence electrons. The summed E-state index contributed by atoms with van der Waals surface area (Å²) in [5.74, 6) is -1.43. The van der Waals surface area contributed by atoms with Crippen LogP contribution in [0.4, 0.5) is 5.69 Å². The van der Waals surface area contributed by atoms with Crippen LogP contribution in [0.3, 0.4) is 0 Å². The van der Waals surface area contributed by atoms with Crippen molar-refractivity contribution in [2.24, 2.45) is 0 Å². The lowest BCUT2D eigenvalue weighted by Gasteiger charge is -2.01. The van der Waals surface area contributed by atoms with Crippen LogP contribution in [0.15, 0.2) is 53.1 Å². The molecule has 2 aromatic rings. The van der Waals surface area contributed by atoms with E-state index >= 15 is 0 Å². The molecule has 0 bridgehead atoms. The number of halogens is 1. The Labute approximate surface area is 129 Å². The highest BCUT2D eigenvalue weighted by molar-refractivity contribution is 9.10. The molecule has 1 aromatic heterocycles. The van der Waals surface area contributed by atoms with Crippen molar-refractivity contribution in [3.8, 4) is 0 Å². The number of carboxylic acids is 1. The number of pyridine rings is 1. The molecule has 0 saturated heterocycles. The Balaban J connectivity index is 1.99. The van der Waals surface area contributed by atoms with E-state index in [1.807, 2.05) is 24.3 Å². The van der Waals surface area contributed by atoms with Gasteiger partial charge in [-0.3, -0.25) is 4.79 Å². The van der Waals surface area contributed by atoms with E-state index in [4.69, 9.17) is 5.11 Å². The van der Waals surface area contributed by atoms with Crippen LogP contribution in [0.5, 0.6) is 0 Å². The maximum Gasteiger partial charge on any atom is 0.354 e. The Morgan fingerprint density at radius 3 is 2.67 bits per heavy atom. The minimum atomic E-state index is -1.11. The first-order chi connectivity index (χ1) is 10.0. The number of anilines is 1. The zero-order chi connectivity index (χ0) is 15.2. The zero-order valence-corrected chi connectivity index (χ0v) is 12.4. The molecule has 2 N–H and O–H groups in total. The summed E-state index contributed by atoms with van der Waals surface area (Å²) >= 11 is 3.35. The Kier molecular flexibility index (Phi) is 4.84. The number of hydrogen-bond acceptors (Lipinski definition) is 3. The summed E-state index contributed by atoms with van der Waals surface area (Å²) in [4.78, 5) is 26.1. The van der Waals surface area contributed by atoms with E-state index in [2.05, 4.69) is 26.2 Å². The van der Waals surface area contributed by atoms with Crippen molar-refractivity contribution in [1.29, 1.82) is 0 Å². The molecule has 0 unspecified atom stereocenters. The van der Waals surface area contributed by atoms with E-state index in [0.29, 0.717) is 5.69 Å². The highest BCUT2D eigenvalue weighted by Gasteiger charge is 2.04. The molecule has 5 nitrogen and oxygen atoms in total. The van der Waals surface area contributed by atoms with Crippen molar-refractivity contribution in [3.63, 3.8) is 0 Å². The third-order valence-electron chi connectivity index (χ3n) is 2.53. The van der Waals surface area contributed by atoms with Crippen molar-refractivity contribution in [2.45, 2.75) is 0 Å². The summed E-state index contributed by atoms with van der Waals surface area (Å²) in [6, 6.07) is 10.3. The summed E-state index contributed by atoms with van der Waals surface area (Å²) in [6.45, 7) is 0. The third kappa shape index (κ3) is 4.54. The van der Waals surface area contributed by atoms with Crippen molar-refractivity contribution in [3.05, 3.63) is 64.4 Å². The summed E-state index contributed by atoms with van der Waals surface area (Å²) in [5, 5.41) is 11.3. The number of aromatic nitrogens is 1. The number of carboxylic acid groups (broad SMARTS) is 1. The first-order valence-electron chi connectivity index (χ1n) is 5.98. The largest absolute Gasteiger partial charge is 0.477 e. The van der Waals surface area contributed by atoms with E-state index < -0.39 is 5.97 Å². The highest BCUT2D eigenvalue weighted by Crippen LogP contribution is 2.13. The van der Waals surface area contributed by atoms with Gasteiger partial charge in [-0.1, -0.05) is 28.1 Å². The normalized spacial score (nSPS) is 10.5. The molecule has 0 aliphatic rings. The molecule has 0 aliphatic heterocycles. The minimum Gasteiger partial charge on any atom is -0.477 e. The van der Waals surface area contributed by atoms with Gasteiger partial charge in [0, 0.05) is 10.5 Å². The summed E-state index contributed by atoms with van der Waals surface area (Å²) in [5.41, 5.74) is 1.25. The average molecular weight is 347 g/mol. The van der Waals surface area contributed by atoms with Crippen molar-refractivity contribution < 1.29 is 14.7 Å². The van der Waals surface area contributed by atoms with Gasteiger partial charge in [0.15, 0.2) is 0 Å². The van der Waals surface area contributed by atoms with Gasteiger partial charge in [0.1, 0.15) is 5.69 Å². The lowest BCUT2D eigenvalue weighted by molar-refractivity contribution is -0.111. The van der Waals surface area contributed by atoms with Crippen LogP contribution in [-0.2, 0) is 4.79 Å². The molecule has 0 aliphatic carbocycles. The van der Waals surface area contributed by atoms with Crippen LogP contribution in [-0.4, -0.2) is 22.0 Å². The number of benzene rings is 1. The van der Waals surface area contributed by atoms with Gasteiger partial charge >= 0.3 is 5.97 Å². The molecule has 1 heterocycles. The van der Waals surface area contributed by atoms with E-state index in [0.717, 1.165) is 10.0 Å². The number of amides is 1. The molecular weight excluding hydrogens is 336 g/mol. The van der Waals surface area contributed by atoms with Crippen molar-refractivity contribution >= 4 is 39.6 Å². The number of carbonyl (C=O) groups excluding carboxylic acids is 1. The molecule has 0 radical (unpaired) electrons. The summed E-state index contributed by atoms with van der Waals surface area (Å²) in [7, 11) is 0. The Hall–Kier alpha value is -2.47. The minimum absolute atomic E-state index is 0.0716. The molecule has 0 saturated carbocycles. The quantitative estimate of drug-likeness (QED) is 0.833. The second kappa shape index (κ2) is 6.81. The number of aromatic carboxylic acids is 1. The SMILES string of the molecule is O=C(/C=C/c1cccc(Br)c1)Nc1ccc(C(=O)O)nc1. The van der Waals surface area contributed by atoms with Gasteiger partial charge in [0.2, 0.25) is 5.91 Å². The van der Waals surface area contributed by atoms with Crippen LogP contribution in [0.2, 0.25) is 0 Å². The molecule has 6 heteroatoms. The second-order valence-electron chi connectivity index (χ2n) is 4.11. The third-order valence-corrected chi connectivity index (χ3v) is 3.02. The Morgan fingerprint density at radius 2 is 2.05 bits per heavy atom. The number of hydrogen-bond donors (Lipinski definition) is 2. The van der Waals surface area contributed by atoms with Gasteiger partial charge in [-0.25, -0.2) is 9.78 Å². The highest BCUT2D eigenvalue weighted by atomic mass is 79.9. The van der Waals surface area contributed by atoms with Gasteiger partial charge in [-0.2, -0.15) is 0 Å². The predicted octanol–water partition coefficient (Wildman–Crippen LogP) is 3.19. The van der Waals surface area contributed by atoms with Crippen LogP contribution in [0.25, 0.3) is 6.08 Å². The van der Waals surface area contributed by atoms with E-state index in [1.165, 1.54) is 24.4 Å². The summed E-state index contributed by atoms with van der Waals surface area (Å²) in [6.07, 6.45) is 4.38. The van der Waals surface area contributed by atoms with Gasteiger partial charge in [-0.15, -0.1) is 0 Å². The van der Waals surface area contributed by atoms with Crippen LogP contribution in [0, 0.1) is 0 Å². The Bertz CT molecular complexity index is 696. The smallest absolute Gasteiger partial charge is 0.354 e. The van der Waals surface area contributed by atoms with Crippen molar-refractivity contribution in [1.82, 2.24) is 4.98 Å². The van der Waals surface area contributed by atoms with Crippen LogP contribution >= 0.6 is 15.9 Å². The fourth-order valence-electron chi connectivity index (χ4n) is 1.56. The van der Waals surface area contributed by atoms with Gasteiger partial charge in [0.25, 0.3) is 0 Å². The number of carbonyl (C=O) groups is 2. The monoisotopic (exact) mass is 346 g/mol. The zero-order valence-electron chi connectivity index (χ0n) is 10.8. The molecule has 0 atom stereocenters. The number of rotatable bonds is 4. The predicted molar refractivity (Wildman–Crippen MR) is 83.0 cm³/mol. The van der Waals surface area contributed by atoms with E-state index in [9.17, 15) is 9.59 Å². The standard InChI is InChI=1S/C15H11BrN2O3/c16-11-3-1-2-10(8-11)4-7-14(19)18-12-5-6-13(15(20)21)17-9-12/h1-9H,(H,18,19)(H,20,21)/b7-4+. The van der Waals surface area contributed by atoms with Crippen LogP contribution in [0.1, 0.15) is 16.1 Å². The molecule has 0 fully saturated rings. The topological polar surface area (TPSA) is 79.3 Å². The maximum absolute atomic E-state index is 11.7. The lowest BCUT2D eigenvalue weighted by Crippen LogP contribution is -2.09. The first-order valence-corrected chi connectivity index (χ1v) is 6.78. The molecule has 2 rings (SSSR count). The van der Waals surface area contributed by atoms with E-state index in [-0.39, 0.29) is 11.6 Å². The maximum atomic E-state index is 11.7. The molecule has 1 aromatic carbocycles. The first kappa shape index (κ1) is 14.9. The number of nitrogens with one attached hydrogen (secondary N) is 1. The molecule has 1 amide bonds. The van der Waals surface area contributed by atoms with Gasteiger partial charge in [-0.05, 0) is 35.9 Å². The van der Waals surface area contributed by atoms with Crippen molar-refractivity contribution in [2.75, 3.05) is 5.32 Å². The lowest BCUT2D eigenvalue weighted by atomic mass is 10.2. The van der Waals surface area contributed by atoms with Gasteiger partial charge in [0.05, 0.1) is 11.9 Å². The number of nitrogens with zero attached hydrogens (tertiary/aromatic N) is 1. The van der Waals surface area contributed by atoms with E-state index in [1.54, 1.807) is 6.08 Å². The van der Waals surface area contributed by atoms with Gasteiger partial charge < -0.3 is 10.4 Å². The fraction of sp³-hybridized carbons (Fsp3) is 0. The summed E-state index contributed by atoms with van der Waals surface area (Å²) < 4.78 is 0.929. The fourth-order valence-corrected chi connectivity index (χ4v) is 1.98. The second-order valence-corrected chi connectivity index (χ2v) is 5.03. The molecular formula is C15H11BrN2O3. The average Bonchev–Trinajstić information content (AvgIpc) is 2.46. The Morgan fingerprint density at radius 1 is 1.24 bits per heavy atom. The van der Waals surface area contributed by atoms with Crippen LogP contribution < -0.4 is 5.32 Å². The molecule has 21 heavy (non-hydrogen) atoms. The molecule has 0 spiro atoms.